The van der Waals surface area contributed by atoms with E-state index in [-0.39, 0.29) is 5.75 Å². The number of ether oxygens (including phenoxy) is 1. The van der Waals surface area contributed by atoms with Crippen LogP contribution < -0.4 is 4.74 Å². The van der Waals surface area contributed by atoms with Crippen LogP contribution in [-0.4, -0.2) is 34.4 Å². The number of aromatic hydroxyl groups is 1. The minimum absolute atomic E-state index is 0.0278. The molecule has 2 rings (SSSR count). The Morgan fingerprint density at radius 1 is 1.03 bits per heavy atom. The number of hydrogen-bond donors (Lipinski definition) is 3. The zero-order chi connectivity index (χ0) is 22.0. The van der Waals surface area contributed by atoms with Gasteiger partial charge >= 0.3 is 11.9 Å². The van der Waals surface area contributed by atoms with Crippen molar-refractivity contribution in [3.05, 3.63) is 65.2 Å². The minimum Gasteiger partial charge on any atom is -0.504 e. The lowest BCUT2D eigenvalue weighted by Gasteiger charge is -2.09. The van der Waals surface area contributed by atoms with E-state index in [2.05, 4.69) is 13.8 Å². The zero-order valence-electron chi connectivity index (χ0n) is 17.1. The first-order valence-electron chi connectivity index (χ1n) is 9.23. The molecule has 1 atom stereocenters. The van der Waals surface area contributed by atoms with Gasteiger partial charge in [-0.3, -0.25) is 4.79 Å². The van der Waals surface area contributed by atoms with Gasteiger partial charge in [0.2, 0.25) is 0 Å². The predicted octanol–water partition coefficient (Wildman–Crippen LogP) is 4.57. The Bertz CT molecular complexity index is 837. The van der Waals surface area contributed by atoms with E-state index in [9.17, 15) is 14.7 Å². The second-order valence-corrected chi connectivity index (χ2v) is 7.00. The van der Waals surface area contributed by atoms with Gasteiger partial charge in [-0.25, -0.2) is 4.79 Å². The second kappa shape index (κ2) is 11.5. The number of hydrogen-bond acceptors (Lipinski definition) is 4. The molecule has 29 heavy (non-hydrogen) atoms. The summed E-state index contributed by atoms with van der Waals surface area (Å²) >= 11 is 0. The Balaban J connectivity index is 0.000000291. The van der Waals surface area contributed by atoms with Gasteiger partial charge in [-0.15, -0.1) is 0 Å². The van der Waals surface area contributed by atoms with Crippen LogP contribution in [0.4, 0.5) is 0 Å². The van der Waals surface area contributed by atoms with Crippen LogP contribution in [0.2, 0.25) is 0 Å². The first-order chi connectivity index (χ1) is 13.6. The Hall–Kier alpha value is -3.28. The highest BCUT2D eigenvalue weighted by atomic mass is 16.5. The number of carboxylic acids is 2. The lowest BCUT2D eigenvalue weighted by atomic mass is 9.97. The van der Waals surface area contributed by atoms with E-state index in [0.717, 1.165) is 18.1 Å². The molecule has 0 radical (unpaired) electrons. The smallest absolute Gasteiger partial charge is 0.328 e. The van der Waals surface area contributed by atoms with Crippen molar-refractivity contribution in [3.8, 4) is 11.5 Å². The number of rotatable bonds is 7. The molecule has 0 aliphatic heterocycles. The summed E-state index contributed by atoms with van der Waals surface area (Å²) in [7, 11) is 1.43. The number of aliphatic carboxylic acids is 2. The molecule has 3 N–H and O–H groups in total. The highest BCUT2D eigenvalue weighted by Gasteiger charge is 2.12. The molecule has 156 valence electrons. The van der Waals surface area contributed by atoms with Gasteiger partial charge in [-0.05, 0) is 54.2 Å². The van der Waals surface area contributed by atoms with Gasteiger partial charge in [0.1, 0.15) is 0 Å². The maximum atomic E-state index is 10.8. The molecule has 6 nitrogen and oxygen atoms in total. The van der Waals surface area contributed by atoms with Crippen molar-refractivity contribution < 1.29 is 29.6 Å². The van der Waals surface area contributed by atoms with E-state index in [1.54, 1.807) is 19.1 Å². The first kappa shape index (κ1) is 23.8. The van der Waals surface area contributed by atoms with Gasteiger partial charge in [-0.1, -0.05) is 44.2 Å². The van der Waals surface area contributed by atoms with Gasteiger partial charge in [0.05, 0.1) is 13.0 Å². The molecule has 0 aliphatic rings. The molecule has 6 heteroatoms. The number of phenolic OH excluding ortho intramolecular Hbond substituents is 1. The summed E-state index contributed by atoms with van der Waals surface area (Å²) in [5, 5.41) is 26.5. The Labute approximate surface area is 171 Å². The van der Waals surface area contributed by atoms with Crippen LogP contribution in [0.3, 0.4) is 0 Å². The molecule has 2 aromatic carbocycles. The largest absolute Gasteiger partial charge is 0.504 e. The van der Waals surface area contributed by atoms with E-state index in [1.165, 1.54) is 24.8 Å². The highest BCUT2D eigenvalue weighted by molar-refractivity contribution is 5.85. The maximum Gasteiger partial charge on any atom is 0.328 e. The third kappa shape index (κ3) is 8.51. The van der Waals surface area contributed by atoms with E-state index >= 15 is 0 Å². The van der Waals surface area contributed by atoms with Crippen LogP contribution in [0.5, 0.6) is 11.5 Å². The average Bonchev–Trinajstić information content (AvgIpc) is 2.67. The molecule has 2 aromatic rings. The SMILES string of the molecule is CC(C)Cc1ccc(C(C)C(=O)O)cc1.COc1cc(C=CC(=O)O)ccc1O. The van der Waals surface area contributed by atoms with E-state index in [4.69, 9.17) is 14.9 Å². The Kier molecular flexibility index (Phi) is 9.45. The van der Waals surface area contributed by atoms with Crippen molar-refractivity contribution in [3.63, 3.8) is 0 Å². The molecule has 0 aromatic heterocycles. The molecule has 0 bridgehead atoms. The van der Waals surface area contributed by atoms with E-state index in [1.807, 2.05) is 24.3 Å². The zero-order valence-corrected chi connectivity index (χ0v) is 17.1. The molecule has 0 heterocycles. The first-order valence-corrected chi connectivity index (χ1v) is 9.23. The molecular formula is C23H28O6. The van der Waals surface area contributed by atoms with Gasteiger partial charge < -0.3 is 20.1 Å². The van der Waals surface area contributed by atoms with Crippen molar-refractivity contribution in [2.24, 2.45) is 5.92 Å². The standard InChI is InChI=1S/C13H18O2.C10H10O4/c1-9(2)8-11-4-6-12(7-5-11)10(3)13(14)15;1-14-9-6-7(2-4-8(9)11)3-5-10(12)13/h4-7,9-10H,8H2,1-3H3,(H,14,15);2-6,11H,1H3,(H,12,13). The third-order valence-electron chi connectivity index (χ3n) is 4.12. The van der Waals surface area contributed by atoms with Crippen LogP contribution in [0, 0.1) is 5.92 Å². The quantitative estimate of drug-likeness (QED) is 0.588. The number of carboxylic acid groups (broad SMARTS) is 2. The fraction of sp³-hybridized carbons (Fsp3) is 0.304. The molecule has 0 saturated heterocycles. The summed E-state index contributed by atoms with van der Waals surface area (Å²) < 4.78 is 4.86. The third-order valence-corrected chi connectivity index (χ3v) is 4.12. The van der Waals surface area contributed by atoms with Crippen LogP contribution in [0.15, 0.2) is 48.5 Å². The van der Waals surface area contributed by atoms with E-state index in [0.29, 0.717) is 17.2 Å². The lowest BCUT2D eigenvalue weighted by Crippen LogP contribution is -2.07. The summed E-state index contributed by atoms with van der Waals surface area (Å²) in [6.07, 6.45) is 3.48. The number of benzene rings is 2. The monoisotopic (exact) mass is 400 g/mol. The minimum atomic E-state index is -1.02. The lowest BCUT2D eigenvalue weighted by molar-refractivity contribution is -0.138. The van der Waals surface area contributed by atoms with Crippen LogP contribution in [-0.2, 0) is 16.0 Å². The summed E-state index contributed by atoms with van der Waals surface area (Å²) in [5.41, 5.74) is 2.79. The second-order valence-electron chi connectivity index (χ2n) is 7.00. The van der Waals surface area contributed by atoms with E-state index < -0.39 is 17.9 Å². The van der Waals surface area contributed by atoms with Crippen LogP contribution in [0.1, 0.15) is 43.4 Å². The molecule has 0 aliphatic carbocycles. The van der Waals surface area contributed by atoms with Crippen molar-refractivity contribution in [1.82, 2.24) is 0 Å². The average molecular weight is 400 g/mol. The van der Waals surface area contributed by atoms with Crippen molar-refractivity contribution in [2.45, 2.75) is 33.1 Å². The van der Waals surface area contributed by atoms with Gasteiger partial charge in [0.15, 0.2) is 11.5 Å². The summed E-state index contributed by atoms with van der Waals surface area (Å²) in [4.78, 5) is 21.0. The number of methoxy groups -OCH3 is 1. The molecule has 0 fully saturated rings. The van der Waals surface area contributed by atoms with Gasteiger partial charge in [0, 0.05) is 6.08 Å². The van der Waals surface area contributed by atoms with Gasteiger partial charge in [-0.2, -0.15) is 0 Å². The Morgan fingerprint density at radius 2 is 1.66 bits per heavy atom. The topological polar surface area (TPSA) is 104 Å². The number of phenols is 1. The van der Waals surface area contributed by atoms with Gasteiger partial charge in [0.25, 0.3) is 0 Å². The molecule has 1 unspecified atom stereocenters. The molecule has 0 saturated carbocycles. The highest BCUT2D eigenvalue weighted by Crippen LogP contribution is 2.26. The molecule has 0 amide bonds. The number of carbonyl (C=O) groups is 2. The van der Waals surface area contributed by atoms with Crippen molar-refractivity contribution in [1.29, 1.82) is 0 Å². The molecule has 0 spiro atoms. The predicted molar refractivity (Wildman–Crippen MR) is 112 cm³/mol. The normalized spacial score (nSPS) is 11.6. The summed E-state index contributed by atoms with van der Waals surface area (Å²) in [6.45, 7) is 6.06. The fourth-order valence-corrected chi connectivity index (χ4v) is 2.52. The van der Waals surface area contributed by atoms with Crippen LogP contribution in [0.25, 0.3) is 6.08 Å². The van der Waals surface area contributed by atoms with Crippen molar-refractivity contribution >= 4 is 18.0 Å². The maximum absolute atomic E-state index is 10.8. The Morgan fingerprint density at radius 3 is 2.14 bits per heavy atom. The molecular weight excluding hydrogens is 372 g/mol. The summed E-state index contributed by atoms with van der Waals surface area (Å²) in [5.74, 6) is -1.23. The van der Waals surface area contributed by atoms with Crippen LogP contribution >= 0.6 is 0 Å². The van der Waals surface area contributed by atoms with Crippen molar-refractivity contribution in [2.75, 3.05) is 7.11 Å². The fourth-order valence-electron chi connectivity index (χ4n) is 2.52. The summed E-state index contributed by atoms with van der Waals surface area (Å²) in [6, 6.07) is 12.5.